The smallest absolute Gasteiger partial charge is 0.259 e. The number of hydrogen-bond acceptors (Lipinski definition) is 3. The van der Waals surface area contributed by atoms with Gasteiger partial charge in [0.25, 0.3) is 5.91 Å². The van der Waals surface area contributed by atoms with E-state index in [4.69, 9.17) is 27.9 Å². The number of alkyl halides is 1. The van der Waals surface area contributed by atoms with Gasteiger partial charge in [0.2, 0.25) is 0 Å². The SMILES string of the molecule is CN(C)C(=O)COc1cncc(Cl)c1CCl. The second-order valence-corrected chi connectivity index (χ2v) is 3.98. The van der Waals surface area contributed by atoms with Crippen LogP contribution in [-0.4, -0.2) is 36.5 Å². The molecule has 0 bridgehead atoms. The second kappa shape index (κ2) is 5.92. The van der Waals surface area contributed by atoms with Crippen LogP contribution in [0.3, 0.4) is 0 Å². The molecule has 0 N–H and O–H groups in total. The first kappa shape index (κ1) is 13.1. The number of ether oxygens (including phenoxy) is 1. The summed E-state index contributed by atoms with van der Waals surface area (Å²) < 4.78 is 5.31. The number of likely N-dealkylation sites (N-methyl/N-ethyl adjacent to an activating group) is 1. The van der Waals surface area contributed by atoms with Crippen LogP contribution in [0.25, 0.3) is 0 Å². The largest absolute Gasteiger partial charge is 0.482 e. The van der Waals surface area contributed by atoms with E-state index in [0.717, 1.165) is 0 Å². The summed E-state index contributed by atoms with van der Waals surface area (Å²) in [5.74, 6) is 0.519. The van der Waals surface area contributed by atoms with E-state index in [-0.39, 0.29) is 18.4 Å². The van der Waals surface area contributed by atoms with E-state index in [1.165, 1.54) is 17.3 Å². The molecule has 0 aliphatic heterocycles. The van der Waals surface area contributed by atoms with Crippen molar-refractivity contribution in [3.05, 3.63) is 23.0 Å². The van der Waals surface area contributed by atoms with Crippen LogP contribution in [0, 0.1) is 0 Å². The van der Waals surface area contributed by atoms with Gasteiger partial charge >= 0.3 is 0 Å². The summed E-state index contributed by atoms with van der Waals surface area (Å²) >= 11 is 11.6. The molecule has 0 atom stereocenters. The highest BCUT2D eigenvalue weighted by Gasteiger charge is 2.10. The third-order valence-electron chi connectivity index (χ3n) is 1.95. The Hall–Kier alpha value is -1.000. The molecule has 16 heavy (non-hydrogen) atoms. The predicted octanol–water partition coefficient (Wildman–Crippen LogP) is 1.94. The third kappa shape index (κ3) is 3.25. The molecule has 0 saturated heterocycles. The van der Waals surface area contributed by atoms with Crippen molar-refractivity contribution >= 4 is 29.1 Å². The predicted molar refractivity (Wildman–Crippen MR) is 63.0 cm³/mol. The fourth-order valence-corrected chi connectivity index (χ4v) is 1.53. The monoisotopic (exact) mass is 262 g/mol. The van der Waals surface area contributed by atoms with E-state index in [1.54, 1.807) is 14.1 Å². The Bertz CT molecular complexity index is 383. The summed E-state index contributed by atoms with van der Waals surface area (Å²) in [6.45, 7) is -0.0566. The maximum atomic E-state index is 11.3. The minimum atomic E-state index is -0.138. The summed E-state index contributed by atoms with van der Waals surface area (Å²) in [5, 5.41) is 0.435. The molecular formula is C10H12Cl2N2O2. The summed E-state index contributed by atoms with van der Waals surface area (Å²) in [4.78, 5) is 16.6. The Morgan fingerprint density at radius 1 is 1.50 bits per heavy atom. The van der Waals surface area contributed by atoms with Crippen molar-refractivity contribution in [2.24, 2.45) is 0 Å². The summed E-state index contributed by atoms with van der Waals surface area (Å²) in [5.41, 5.74) is 0.643. The van der Waals surface area contributed by atoms with Crippen molar-refractivity contribution in [1.82, 2.24) is 9.88 Å². The normalized spacial score (nSPS) is 10.0. The molecule has 0 aromatic carbocycles. The van der Waals surface area contributed by atoms with E-state index in [9.17, 15) is 4.79 Å². The number of halogens is 2. The van der Waals surface area contributed by atoms with Crippen LogP contribution in [-0.2, 0) is 10.7 Å². The zero-order chi connectivity index (χ0) is 12.1. The van der Waals surface area contributed by atoms with E-state index in [0.29, 0.717) is 16.3 Å². The Balaban J connectivity index is 2.74. The zero-order valence-corrected chi connectivity index (χ0v) is 10.5. The van der Waals surface area contributed by atoms with Crippen LogP contribution in [0.15, 0.2) is 12.4 Å². The molecule has 1 amide bonds. The number of carbonyl (C=O) groups is 1. The summed E-state index contributed by atoms with van der Waals surface area (Å²) in [6.07, 6.45) is 2.98. The molecule has 0 aliphatic rings. The first-order chi connectivity index (χ1) is 7.56. The Kier molecular flexibility index (Phi) is 4.83. The van der Waals surface area contributed by atoms with E-state index >= 15 is 0 Å². The van der Waals surface area contributed by atoms with Gasteiger partial charge in [-0.1, -0.05) is 11.6 Å². The van der Waals surface area contributed by atoms with Gasteiger partial charge in [0.1, 0.15) is 5.75 Å². The molecule has 0 unspecified atom stereocenters. The van der Waals surface area contributed by atoms with E-state index < -0.39 is 0 Å². The van der Waals surface area contributed by atoms with Gasteiger partial charge in [0, 0.05) is 25.9 Å². The Morgan fingerprint density at radius 3 is 2.75 bits per heavy atom. The van der Waals surface area contributed by atoms with Gasteiger partial charge < -0.3 is 9.64 Å². The molecular weight excluding hydrogens is 251 g/mol. The minimum Gasteiger partial charge on any atom is -0.482 e. The van der Waals surface area contributed by atoms with Gasteiger partial charge in [-0.3, -0.25) is 9.78 Å². The molecule has 1 heterocycles. The van der Waals surface area contributed by atoms with Gasteiger partial charge in [-0.2, -0.15) is 0 Å². The Morgan fingerprint density at radius 2 is 2.19 bits per heavy atom. The lowest BCUT2D eigenvalue weighted by Crippen LogP contribution is -2.27. The molecule has 0 saturated carbocycles. The molecule has 0 fully saturated rings. The van der Waals surface area contributed by atoms with Crippen LogP contribution in [0.5, 0.6) is 5.75 Å². The Labute approximate surface area is 104 Å². The molecule has 4 nitrogen and oxygen atoms in total. The van der Waals surface area contributed by atoms with Gasteiger partial charge in [0.05, 0.1) is 17.1 Å². The van der Waals surface area contributed by atoms with E-state index in [1.807, 2.05) is 0 Å². The van der Waals surface area contributed by atoms with Crippen molar-refractivity contribution in [2.45, 2.75) is 5.88 Å². The lowest BCUT2D eigenvalue weighted by Gasteiger charge is -2.13. The van der Waals surface area contributed by atoms with Crippen molar-refractivity contribution in [1.29, 1.82) is 0 Å². The number of hydrogen-bond donors (Lipinski definition) is 0. The maximum Gasteiger partial charge on any atom is 0.259 e. The summed E-state index contributed by atoms with van der Waals surface area (Å²) in [7, 11) is 3.31. The number of rotatable bonds is 4. The highest BCUT2D eigenvalue weighted by atomic mass is 35.5. The van der Waals surface area contributed by atoms with Crippen LogP contribution in [0.4, 0.5) is 0 Å². The molecule has 1 aromatic rings. The van der Waals surface area contributed by atoms with Gasteiger partial charge in [0.15, 0.2) is 6.61 Å². The molecule has 1 aromatic heterocycles. The third-order valence-corrected chi connectivity index (χ3v) is 2.54. The molecule has 0 aliphatic carbocycles. The lowest BCUT2D eigenvalue weighted by atomic mass is 10.3. The number of carbonyl (C=O) groups excluding carboxylic acids is 1. The first-order valence-corrected chi connectivity index (χ1v) is 5.48. The van der Waals surface area contributed by atoms with Crippen molar-refractivity contribution in [2.75, 3.05) is 20.7 Å². The van der Waals surface area contributed by atoms with Crippen LogP contribution >= 0.6 is 23.2 Å². The molecule has 88 valence electrons. The lowest BCUT2D eigenvalue weighted by molar-refractivity contribution is -0.130. The highest BCUT2D eigenvalue weighted by molar-refractivity contribution is 6.32. The number of aromatic nitrogens is 1. The molecule has 6 heteroatoms. The van der Waals surface area contributed by atoms with Crippen molar-refractivity contribution in [3.63, 3.8) is 0 Å². The van der Waals surface area contributed by atoms with Crippen molar-refractivity contribution in [3.8, 4) is 5.75 Å². The van der Waals surface area contributed by atoms with Crippen LogP contribution in [0.2, 0.25) is 5.02 Å². The molecule has 0 radical (unpaired) electrons. The number of pyridine rings is 1. The fourth-order valence-electron chi connectivity index (χ4n) is 0.967. The zero-order valence-electron chi connectivity index (χ0n) is 9.04. The van der Waals surface area contributed by atoms with Gasteiger partial charge in [-0.15, -0.1) is 11.6 Å². The maximum absolute atomic E-state index is 11.3. The number of amides is 1. The first-order valence-electron chi connectivity index (χ1n) is 4.57. The summed E-state index contributed by atoms with van der Waals surface area (Å²) in [6, 6.07) is 0. The quantitative estimate of drug-likeness (QED) is 0.779. The van der Waals surface area contributed by atoms with Crippen molar-refractivity contribution < 1.29 is 9.53 Å². The van der Waals surface area contributed by atoms with Crippen LogP contribution in [0.1, 0.15) is 5.56 Å². The van der Waals surface area contributed by atoms with Gasteiger partial charge in [-0.05, 0) is 0 Å². The van der Waals surface area contributed by atoms with Crippen LogP contribution < -0.4 is 4.74 Å². The highest BCUT2D eigenvalue weighted by Crippen LogP contribution is 2.26. The second-order valence-electron chi connectivity index (χ2n) is 3.31. The number of nitrogens with zero attached hydrogens (tertiary/aromatic N) is 2. The van der Waals surface area contributed by atoms with E-state index in [2.05, 4.69) is 4.98 Å². The fraction of sp³-hybridized carbons (Fsp3) is 0.400. The standard InChI is InChI=1S/C10H12Cl2N2O2/c1-14(2)10(15)6-16-9-5-13-4-8(12)7(9)3-11/h4-5H,3,6H2,1-2H3. The topological polar surface area (TPSA) is 42.4 Å². The molecule has 0 spiro atoms. The van der Waals surface area contributed by atoms with Gasteiger partial charge in [-0.25, -0.2) is 0 Å². The molecule has 1 rings (SSSR count). The minimum absolute atomic E-state index is 0.0566. The average molecular weight is 263 g/mol. The average Bonchev–Trinajstić information content (AvgIpc) is 2.25.